The molecule has 29 heavy (non-hydrogen) atoms. The molecule has 2 aliphatic carbocycles. The predicted molar refractivity (Wildman–Crippen MR) is 100 cm³/mol. The van der Waals surface area contributed by atoms with Gasteiger partial charge >= 0.3 is 5.92 Å². The summed E-state index contributed by atoms with van der Waals surface area (Å²) in [5, 5.41) is 6.76. The number of halogens is 4. The molecule has 0 atom stereocenters. The molecular weight excluding hydrogens is 386 g/mol. The van der Waals surface area contributed by atoms with Crippen LogP contribution >= 0.6 is 0 Å². The zero-order chi connectivity index (χ0) is 20.8. The minimum atomic E-state index is -3.30. The third-order valence-corrected chi connectivity index (χ3v) is 5.94. The van der Waals surface area contributed by atoms with Crippen molar-refractivity contribution in [3.05, 3.63) is 47.2 Å². The van der Waals surface area contributed by atoms with E-state index in [2.05, 4.69) is 10.4 Å². The lowest BCUT2D eigenvalue weighted by Gasteiger charge is -2.34. The van der Waals surface area contributed by atoms with Crippen molar-refractivity contribution >= 4 is 11.7 Å². The number of nitrogens with zero attached hydrogens (tertiary/aromatic N) is 2. The van der Waals surface area contributed by atoms with E-state index in [1.807, 2.05) is 0 Å². The van der Waals surface area contributed by atoms with Gasteiger partial charge in [0.05, 0.1) is 0 Å². The molecule has 2 aromatic rings. The van der Waals surface area contributed by atoms with Gasteiger partial charge in [-0.1, -0.05) is 36.8 Å². The third kappa shape index (κ3) is 3.76. The van der Waals surface area contributed by atoms with Crippen LogP contribution in [0.5, 0.6) is 0 Å². The van der Waals surface area contributed by atoms with E-state index in [1.165, 1.54) is 23.9 Å². The maximum atomic E-state index is 15.3. The number of benzene rings is 1. The largest absolute Gasteiger partial charge is 0.317 e. The normalized spacial score (nSPS) is 19.5. The maximum Gasteiger partial charge on any atom is 0.317 e. The number of alkyl halides is 4. The Bertz CT molecular complexity index is 898. The minimum Gasteiger partial charge on any atom is -0.311 e. The Morgan fingerprint density at radius 2 is 1.90 bits per heavy atom. The number of aryl methyl sites for hydroxylation is 1. The lowest BCUT2D eigenvalue weighted by molar-refractivity contribution is -0.129. The van der Waals surface area contributed by atoms with Crippen LogP contribution in [0.25, 0.3) is 0 Å². The van der Waals surface area contributed by atoms with Gasteiger partial charge < -0.3 is 5.32 Å². The summed E-state index contributed by atoms with van der Waals surface area (Å²) in [4.78, 5) is 12.4. The van der Waals surface area contributed by atoms with E-state index in [4.69, 9.17) is 0 Å². The summed E-state index contributed by atoms with van der Waals surface area (Å²) < 4.78 is 57.9. The zero-order valence-corrected chi connectivity index (χ0v) is 16.1. The number of anilines is 1. The first-order valence-corrected chi connectivity index (χ1v) is 9.86. The average Bonchev–Trinajstić information content (AvgIpc) is 2.90. The molecule has 1 amide bonds. The van der Waals surface area contributed by atoms with Crippen molar-refractivity contribution in [1.29, 1.82) is 0 Å². The summed E-state index contributed by atoms with van der Waals surface area (Å²) >= 11 is 0. The summed E-state index contributed by atoms with van der Waals surface area (Å²) in [6.07, 6.45) is 1.77. The molecule has 1 aromatic carbocycles. The monoisotopic (exact) mass is 409 g/mol. The smallest absolute Gasteiger partial charge is 0.311 e. The Morgan fingerprint density at radius 3 is 2.45 bits per heavy atom. The lowest BCUT2D eigenvalue weighted by atomic mass is 9.78. The van der Waals surface area contributed by atoms with Gasteiger partial charge in [-0.2, -0.15) is 13.9 Å². The van der Waals surface area contributed by atoms with Crippen molar-refractivity contribution in [1.82, 2.24) is 9.78 Å². The highest BCUT2D eigenvalue weighted by Crippen LogP contribution is 2.48. The van der Waals surface area contributed by atoms with Crippen LogP contribution in [0.2, 0.25) is 0 Å². The fourth-order valence-electron chi connectivity index (χ4n) is 4.16. The molecular formula is C21H23F4N3O. The molecule has 156 valence electrons. The Kier molecular flexibility index (Phi) is 4.91. The summed E-state index contributed by atoms with van der Waals surface area (Å²) in [6, 6.07) is 7.47. The highest BCUT2D eigenvalue weighted by molar-refractivity contribution is 5.91. The van der Waals surface area contributed by atoms with Gasteiger partial charge in [0.15, 0.2) is 0 Å². The van der Waals surface area contributed by atoms with Crippen LogP contribution in [0.3, 0.4) is 0 Å². The van der Waals surface area contributed by atoms with Crippen LogP contribution in [-0.2, 0) is 17.8 Å². The van der Waals surface area contributed by atoms with Crippen LogP contribution in [0.4, 0.5) is 23.4 Å². The number of rotatable bonds is 6. The molecule has 1 aromatic heterocycles. The van der Waals surface area contributed by atoms with Gasteiger partial charge in [-0.05, 0) is 24.7 Å². The molecule has 0 aliphatic heterocycles. The number of hydrogen-bond donors (Lipinski definition) is 1. The van der Waals surface area contributed by atoms with Crippen LogP contribution < -0.4 is 5.32 Å². The van der Waals surface area contributed by atoms with Gasteiger partial charge in [-0.25, -0.2) is 8.78 Å². The van der Waals surface area contributed by atoms with Gasteiger partial charge in [0.2, 0.25) is 11.8 Å². The SMILES string of the molecule is Cn1nc(C(F)(F)c2ccccc2)c(C2CCC2)c1NC(=O)CC1CC(F)(F)C1. The maximum absolute atomic E-state index is 15.3. The van der Waals surface area contributed by atoms with Crippen molar-refractivity contribution in [3.8, 4) is 0 Å². The van der Waals surface area contributed by atoms with Gasteiger partial charge in [-0.3, -0.25) is 9.48 Å². The van der Waals surface area contributed by atoms with Crippen LogP contribution in [-0.4, -0.2) is 21.6 Å². The average molecular weight is 409 g/mol. The van der Waals surface area contributed by atoms with E-state index < -0.39 is 17.8 Å². The lowest BCUT2D eigenvalue weighted by Crippen LogP contribution is -2.37. The molecule has 4 nitrogen and oxygen atoms in total. The first-order valence-electron chi connectivity index (χ1n) is 9.86. The highest BCUT2D eigenvalue weighted by Gasteiger charge is 2.46. The zero-order valence-electron chi connectivity index (χ0n) is 16.1. The summed E-state index contributed by atoms with van der Waals surface area (Å²) in [6.45, 7) is 0. The third-order valence-electron chi connectivity index (χ3n) is 5.94. The van der Waals surface area contributed by atoms with Crippen molar-refractivity contribution in [2.45, 2.75) is 56.3 Å². The predicted octanol–water partition coefficient (Wildman–Crippen LogP) is 5.20. The first kappa shape index (κ1) is 19.9. The number of carbonyl (C=O) groups is 1. The molecule has 2 aliphatic rings. The van der Waals surface area contributed by atoms with E-state index >= 15 is 8.78 Å². The molecule has 0 spiro atoms. The van der Waals surface area contributed by atoms with Crippen LogP contribution in [0, 0.1) is 5.92 Å². The molecule has 2 saturated carbocycles. The highest BCUT2D eigenvalue weighted by atomic mass is 19.3. The number of nitrogens with one attached hydrogen (secondary N) is 1. The van der Waals surface area contributed by atoms with Gasteiger partial charge in [0, 0.05) is 37.4 Å². The standard InChI is InChI=1S/C21H23F4N3O/c1-28-19(26-16(29)10-13-11-20(22,23)12-13)17(14-6-5-7-14)18(27-28)21(24,25)15-8-3-2-4-9-15/h2-4,8-9,13-14H,5-7,10-12H2,1H3,(H,26,29). The second-order valence-electron chi connectivity index (χ2n) is 8.19. The van der Waals surface area contributed by atoms with Crippen molar-refractivity contribution in [2.75, 3.05) is 5.32 Å². The Morgan fingerprint density at radius 1 is 1.24 bits per heavy atom. The van der Waals surface area contributed by atoms with E-state index in [0.717, 1.165) is 19.3 Å². The van der Waals surface area contributed by atoms with Crippen LogP contribution in [0.1, 0.15) is 61.3 Å². The minimum absolute atomic E-state index is 0.0463. The number of aromatic nitrogens is 2. The fourth-order valence-corrected chi connectivity index (χ4v) is 4.16. The summed E-state index contributed by atoms with van der Waals surface area (Å²) in [7, 11) is 1.51. The molecule has 0 radical (unpaired) electrons. The van der Waals surface area contributed by atoms with E-state index in [1.54, 1.807) is 18.2 Å². The molecule has 0 saturated heterocycles. The molecule has 4 rings (SSSR count). The molecule has 0 bridgehead atoms. The molecule has 8 heteroatoms. The fraction of sp³-hybridized carbons (Fsp3) is 0.524. The molecule has 2 fully saturated rings. The number of carbonyl (C=O) groups excluding carboxylic acids is 1. The number of amides is 1. The molecule has 0 unspecified atom stereocenters. The van der Waals surface area contributed by atoms with E-state index in [0.29, 0.717) is 5.56 Å². The van der Waals surface area contributed by atoms with Gasteiger partial charge in [0.1, 0.15) is 11.5 Å². The Balaban J connectivity index is 1.62. The second-order valence-corrected chi connectivity index (χ2v) is 8.19. The van der Waals surface area contributed by atoms with E-state index in [-0.39, 0.29) is 48.2 Å². The topological polar surface area (TPSA) is 46.9 Å². The van der Waals surface area contributed by atoms with Crippen molar-refractivity contribution in [2.24, 2.45) is 13.0 Å². The molecule has 1 heterocycles. The molecule has 1 N–H and O–H groups in total. The Labute approximate surface area is 166 Å². The van der Waals surface area contributed by atoms with Crippen molar-refractivity contribution in [3.63, 3.8) is 0 Å². The van der Waals surface area contributed by atoms with Crippen molar-refractivity contribution < 1.29 is 22.4 Å². The first-order chi connectivity index (χ1) is 13.7. The van der Waals surface area contributed by atoms with Gasteiger partial charge in [0.25, 0.3) is 0 Å². The summed E-state index contributed by atoms with van der Waals surface area (Å²) in [5.74, 6) is -6.67. The van der Waals surface area contributed by atoms with Crippen LogP contribution in [0.15, 0.2) is 30.3 Å². The number of hydrogen-bond acceptors (Lipinski definition) is 2. The Hall–Kier alpha value is -2.38. The summed E-state index contributed by atoms with van der Waals surface area (Å²) in [5.41, 5.74) is -0.144. The second kappa shape index (κ2) is 7.15. The van der Waals surface area contributed by atoms with Gasteiger partial charge in [-0.15, -0.1) is 0 Å². The quantitative estimate of drug-likeness (QED) is 0.667. The van der Waals surface area contributed by atoms with E-state index in [9.17, 15) is 13.6 Å².